The van der Waals surface area contributed by atoms with Crippen molar-refractivity contribution < 1.29 is 18.0 Å². The van der Waals surface area contributed by atoms with E-state index >= 15 is 0 Å². The number of rotatable bonds is 9. The maximum Gasteiger partial charge on any atom is 0.416 e. The Kier molecular flexibility index (Phi) is 8.14. The Balaban J connectivity index is 0.982. The molecule has 0 aliphatic carbocycles. The number of benzene rings is 2. The number of nitrogens with one attached hydrogen (secondary N) is 1. The summed E-state index contributed by atoms with van der Waals surface area (Å²) in [5, 5.41) is 5.00. The van der Waals surface area contributed by atoms with Gasteiger partial charge in [-0.1, -0.05) is 30.3 Å². The summed E-state index contributed by atoms with van der Waals surface area (Å²) in [5.41, 5.74) is 2.72. The first-order chi connectivity index (χ1) is 18.3. The van der Waals surface area contributed by atoms with Crippen LogP contribution in [0, 0.1) is 5.92 Å². The first-order valence-electron chi connectivity index (χ1n) is 13.0. The van der Waals surface area contributed by atoms with E-state index in [1.807, 2.05) is 46.4 Å². The summed E-state index contributed by atoms with van der Waals surface area (Å²) in [7, 11) is 0. The number of carbonyl (C=O) groups is 1. The van der Waals surface area contributed by atoms with Crippen LogP contribution in [-0.2, 0) is 12.6 Å². The average molecular weight is 541 g/mol. The Morgan fingerprint density at radius 2 is 1.87 bits per heavy atom. The molecule has 1 aliphatic heterocycles. The van der Waals surface area contributed by atoms with Gasteiger partial charge in [0.2, 0.25) is 0 Å². The van der Waals surface area contributed by atoms with Crippen LogP contribution in [0.25, 0.3) is 16.2 Å². The Labute approximate surface area is 224 Å². The highest BCUT2D eigenvalue weighted by Crippen LogP contribution is 2.31. The molecule has 1 fully saturated rings. The van der Waals surface area contributed by atoms with Gasteiger partial charge in [0.25, 0.3) is 5.91 Å². The van der Waals surface area contributed by atoms with E-state index in [2.05, 4.69) is 15.2 Å². The number of hydrogen-bond donors (Lipinski definition) is 1. The zero-order valence-electron chi connectivity index (χ0n) is 21.1. The standard InChI is InChI=1S/C29H31F3N4OS/c30-29(31,32)25-5-3-4-22(19-25)18-21-10-14-35(15-11-21)13-2-1-12-33-27(37)24-8-6-23(7-9-24)26-20-36-16-17-38-28(36)34-26/h3-9,16-17,19-21H,1-2,10-15,18H2,(H,33,37). The number of hydrogen-bond acceptors (Lipinski definition) is 4. The molecule has 3 heterocycles. The number of piperidine rings is 1. The number of likely N-dealkylation sites (tertiary alicyclic amines) is 1. The second-order valence-electron chi connectivity index (χ2n) is 9.95. The Morgan fingerprint density at radius 1 is 1.08 bits per heavy atom. The first kappa shape index (κ1) is 26.4. The normalized spacial score (nSPS) is 15.2. The molecular formula is C29H31F3N4OS. The van der Waals surface area contributed by atoms with Gasteiger partial charge >= 0.3 is 6.18 Å². The van der Waals surface area contributed by atoms with Crippen LogP contribution < -0.4 is 5.32 Å². The van der Waals surface area contributed by atoms with Gasteiger partial charge in [0.15, 0.2) is 4.96 Å². The van der Waals surface area contributed by atoms with Crippen LogP contribution >= 0.6 is 11.3 Å². The lowest BCUT2D eigenvalue weighted by Crippen LogP contribution is -2.35. The summed E-state index contributed by atoms with van der Waals surface area (Å²) >= 11 is 1.59. The smallest absolute Gasteiger partial charge is 0.352 e. The fourth-order valence-electron chi connectivity index (χ4n) is 5.05. The summed E-state index contributed by atoms with van der Waals surface area (Å²) in [6, 6.07) is 13.3. The minimum Gasteiger partial charge on any atom is -0.352 e. The molecule has 0 saturated carbocycles. The fraction of sp³-hybridized carbons (Fsp3) is 0.379. The number of imidazole rings is 1. The van der Waals surface area contributed by atoms with Crippen molar-refractivity contribution in [2.45, 2.75) is 38.3 Å². The lowest BCUT2D eigenvalue weighted by Gasteiger charge is -2.32. The summed E-state index contributed by atoms with van der Waals surface area (Å²) in [6.07, 6.45) is 4.27. The SMILES string of the molecule is O=C(NCCCCN1CCC(Cc2cccc(C(F)(F)F)c2)CC1)c1ccc(-c2cn3ccsc3n2)cc1. The van der Waals surface area contributed by atoms with Crippen molar-refractivity contribution in [2.24, 2.45) is 5.92 Å². The molecule has 1 aliphatic rings. The van der Waals surface area contributed by atoms with Crippen LogP contribution in [-0.4, -0.2) is 46.4 Å². The number of alkyl halides is 3. The van der Waals surface area contributed by atoms with Gasteiger partial charge < -0.3 is 10.2 Å². The van der Waals surface area contributed by atoms with E-state index in [-0.39, 0.29) is 5.91 Å². The van der Waals surface area contributed by atoms with E-state index in [1.165, 1.54) is 12.1 Å². The Hall–Kier alpha value is -3.17. The molecule has 1 N–H and O–H groups in total. The van der Waals surface area contributed by atoms with Crippen molar-refractivity contribution in [3.05, 3.63) is 83.0 Å². The second kappa shape index (κ2) is 11.7. The van der Waals surface area contributed by atoms with E-state index in [4.69, 9.17) is 0 Å². The lowest BCUT2D eigenvalue weighted by atomic mass is 9.89. The third kappa shape index (κ3) is 6.63. The monoisotopic (exact) mass is 540 g/mol. The van der Waals surface area contributed by atoms with Gasteiger partial charge in [0.1, 0.15) is 0 Å². The van der Waals surface area contributed by atoms with Crippen LogP contribution in [0.2, 0.25) is 0 Å². The largest absolute Gasteiger partial charge is 0.416 e. The van der Waals surface area contributed by atoms with E-state index < -0.39 is 11.7 Å². The summed E-state index contributed by atoms with van der Waals surface area (Å²) < 4.78 is 40.9. The molecule has 4 aromatic rings. The number of unbranched alkanes of at least 4 members (excludes halogenated alkanes) is 1. The van der Waals surface area contributed by atoms with Gasteiger partial charge in [-0.15, -0.1) is 11.3 Å². The quantitative estimate of drug-likeness (QED) is 0.245. The third-order valence-corrected chi connectivity index (χ3v) is 7.98. The fourth-order valence-corrected chi connectivity index (χ4v) is 5.75. The van der Waals surface area contributed by atoms with Crippen LogP contribution in [0.5, 0.6) is 0 Å². The van der Waals surface area contributed by atoms with E-state index in [0.717, 1.165) is 73.2 Å². The number of aromatic nitrogens is 2. The molecule has 0 atom stereocenters. The van der Waals surface area contributed by atoms with Crippen molar-refractivity contribution in [3.63, 3.8) is 0 Å². The van der Waals surface area contributed by atoms with Crippen molar-refractivity contribution >= 4 is 22.2 Å². The van der Waals surface area contributed by atoms with Crippen LogP contribution in [0.1, 0.15) is 47.2 Å². The van der Waals surface area contributed by atoms with Crippen LogP contribution in [0.3, 0.4) is 0 Å². The predicted octanol–water partition coefficient (Wildman–Crippen LogP) is 6.55. The predicted molar refractivity (Wildman–Crippen MR) is 144 cm³/mol. The molecular weight excluding hydrogens is 509 g/mol. The van der Waals surface area contributed by atoms with Gasteiger partial charge in [0, 0.05) is 35.4 Å². The Bertz CT molecular complexity index is 1330. The van der Waals surface area contributed by atoms with Crippen LogP contribution in [0.15, 0.2) is 66.3 Å². The third-order valence-electron chi connectivity index (χ3n) is 7.21. The molecule has 1 saturated heterocycles. The Morgan fingerprint density at radius 3 is 2.61 bits per heavy atom. The first-order valence-corrected chi connectivity index (χ1v) is 13.9. The molecule has 2 aromatic heterocycles. The maximum atomic E-state index is 13.0. The highest BCUT2D eigenvalue weighted by atomic mass is 32.1. The number of fused-ring (bicyclic) bond motifs is 1. The molecule has 2 aromatic carbocycles. The number of halogens is 3. The van der Waals surface area contributed by atoms with Gasteiger partial charge in [-0.05, 0) is 81.4 Å². The van der Waals surface area contributed by atoms with Crippen molar-refractivity contribution in [1.82, 2.24) is 19.6 Å². The summed E-state index contributed by atoms with van der Waals surface area (Å²) in [6.45, 7) is 3.54. The minimum absolute atomic E-state index is 0.0715. The molecule has 0 unspecified atom stereocenters. The van der Waals surface area contributed by atoms with Crippen molar-refractivity contribution in [1.29, 1.82) is 0 Å². The minimum atomic E-state index is -4.29. The van der Waals surface area contributed by atoms with Crippen molar-refractivity contribution in [3.8, 4) is 11.3 Å². The second-order valence-corrected chi connectivity index (χ2v) is 10.8. The van der Waals surface area contributed by atoms with Crippen molar-refractivity contribution in [2.75, 3.05) is 26.2 Å². The number of amides is 1. The molecule has 0 radical (unpaired) electrons. The summed E-state index contributed by atoms with van der Waals surface area (Å²) in [5.74, 6) is 0.350. The van der Waals surface area contributed by atoms with Gasteiger partial charge in [-0.3, -0.25) is 9.20 Å². The van der Waals surface area contributed by atoms with E-state index in [0.29, 0.717) is 24.4 Å². The van der Waals surface area contributed by atoms with Gasteiger partial charge in [-0.2, -0.15) is 13.2 Å². The average Bonchev–Trinajstić information content (AvgIpc) is 3.52. The highest BCUT2D eigenvalue weighted by molar-refractivity contribution is 7.15. The maximum absolute atomic E-state index is 13.0. The molecule has 38 heavy (non-hydrogen) atoms. The van der Waals surface area contributed by atoms with E-state index in [1.54, 1.807) is 17.4 Å². The van der Waals surface area contributed by atoms with Crippen LogP contribution in [0.4, 0.5) is 13.2 Å². The molecule has 1 amide bonds. The lowest BCUT2D eigenvalue weighted by molar-refractivity contribution is -0.137. The number of carbonyl (C=O) groups excluding carboxylic acids is 1. The number of thiazole rings is 1. The molecule has 9 heteroatoms. The van der Waals surface area contributed by atoms with E-state index in [9.17, 15) is 18.0 Å². The van der Waals surface area contributed by atoms with Gasteiger partial charge in [-0.25, -0.2) is 4.98 Å². The number of nitrogens with zero attached hydrogens (tertiary/aromatic N) is 3. The molecule has 200 valence electrons. The zero-order valence-corrected chi connectivity index (χ0v) is 21.9. The molecule has 0 bridgehead atoms. The molecule has 5 nitrogen and oxygen atoms in total. The van der Waals surface area contributed by atoms with Gasteiger partial charge in [0.05, 0.1) is 11.3 Å². The summed E-state index contributed by atoms with van der Waals surface area (Å²) in [4.78, 5) is 20.5. The molecule has 5 rings (SSSR count). The topological polar surface area (TPSA) is 49.6 Å². The molecule has 0 spiro atoms. The zero-order chi connectivity index (χ0) is 26.5. The highest BCUT2D eigenvalue weighted by Gasteiger charge is 2.30.